The number of nitrogens with one attached hydrogen (secondary N) is 2. The second-order valence-corrected chi connectivity index (χ2v) is 10.6. The SMILES string of the molecule is COc1cccc(Oc2ccc(Cl)cc2NS(=O)(=O)c2nnc(NC(=O)c3ccc(Cl)cc3)s2)c1. The van der Waals surface area contributed by atoms with Crippen LogP contribution in [0.3, 0.4) is 0 Å². The van der Waals surface area contributed by atoms with E-state index in [1.165, 1.54) is 31.4 Å². The molecule has 0 fully saturated rings. The largest absolute Gasteiger partial charge is 0.497 e. The van der Waals surface area contributed by atoms with Crippen molar-refractivity contribution in [3.63, 3.8) is 0 Å². The summed E-state index contributed by atoms with van der Waals surface area (Å²) in [5, 5.41) is 10.7. The van der Waals surface area contributed by atoms with E-state index in [4.69, 9.17) is 32.7 Å². The number of carbonyl (C=O) groups excluding carboxylic acids is 1. The van der Waals surface area contributed by atoms with E-state index in [0.717, 1.165) is 0 Å². The predicted octanol–water partition coefficient (Wildman–Crippen LogP) is 5.70. The first-order valence-electron chi connectivity index (χ1n) is 9.78. The van der Waals surface area contributed by atoms with Gasteiger partial charge in [0.2, 0.25) is 5.13 Å². The first kappa shape index (κ1) is 24.7. The van der Waals surface area contributed by atoms with Crippen molar-refractivity contribution in [3.05, 3.63) is 82.3 Å². The summed E-state index contributed by atoms with van der Waals surface area (Å²) in [6.45, 7) is 0. The lowest BCUT2D eigenvalue weighted by atomic mass is 10.2. The Labute approximate surface area is 214 Å². The van der Waals surface area contributed by atoms with Crippen molar-refractivity contribution in [3.8, 4) is 17.2 Å². The number of rotatable bonds is 8. The molecule has 4 aromatic rings. The molecule has 0 saturated heterocycles. The lowest BCUT2D eigenvalue weighted by molar-refractivity contribution is 0.102. The number of methoxy groups -OCH3 is 1. The average molecular weight is 551 g/mol. The Hall–Kier alpha value is -3.38. The Kier molecular flexibility index (Phi) is 7.41. The topological polar surface area (TPSA) is 120 Å². The van der Waals surface area contributed by atoms with Crippen molar-refractivity contribution in [2.45, 2.75) is 4.34 Å². The van der Waals surface area contributed by atoms with E-state index in [-0.39, 0.29) is 25.9 Å². The molecule has 3 aromatic carbocycles. The zero-order valence-corrected chi connectivity index (χ0v) is 21.0. The Morgan fingerprint density at radius 3 is 2.40 bits per heavy atom. The Morgan fingerprint density at radius 2 is 1.66 bits per heavy atom. The van der Waals surface area contributed by atoms with Gasteiger partial charge in [-0.3, -0.25) is 14.8 Å². The van der Waals surface area contributed by atoms with Crippen LogP contribution < -0.4 is 19.5 Å². The van der Waals surface area contributed by atoms with Gasteiger partial charge in [0.1, 0.15) is 11.5 Å². The lowest BCUT2D eigenvalue weighted by Crippen LogP contribution is -2.13. The van der Waals surface area contributed by atoms with E-state index in [0.29, 0.717) is 33.4 Å². The highest BCUT2D eigenvalue weighted by Gasteiger charge is 2.23. The molecule has 0 unspecified atom stereocenters. The Bertz CT molecular complexity index is 1480. The molecule has 0 bridgehead atoms. The summed E-state index contributed by atoms with van der Waals surface area (Å²) >= 11 is 12.6. The minimum absolute atomic E-state index is 0.00396. The fourth-order valence-corrected chi connectivity index (χ4v) is 5.05. The number of hydrogen-bond acceptors (Lipinski definition) is 8. The highest BCUT2D eigenvalue weighted by Crippen LogP contribution is 2.35. The molecule has 1 heterocycles. The maximum absolute atomic E-state index is 13.0. The molecule has 0 spiro atoms. The molecule has 13 heteroatoms. The lowest BCUT2D eigenvalue weighted by Gasteiger charge is -2.13. The van der Waals surface area contributed by atoms with Gasteiger partial charge in [-0.25, -0.2) is 0 Å². The first-order valence-corrected chi connectivity index (χ1v) is 12.8. The molecule has 9 nitrogen and oxygen atoms in total. The van der Waals surface area contributed by atoms with Gasteiger partial charge in [-0.2, -0.15) is 8.42 Å². The molecule has 0 atom stereocenters. The van der Waals surface area contributed by atoms with Crippen molar-refractivity contribution in [2.75, 3.05) is 17.1 Å². The van der Waals surface area contributed by atoms with Crippen LogP contribution in [0.15, 0.2) is 71.1 Å². The summed E-state index contributed by atoms with van der Waals surface area (Å²) in [7, 11) is -2.66. The number of sulfonamides is 1. The van der Waals surface area contributed by atoms with E-state index < -0.39 is 15.9 Å². The summed E-state index contributed by atoms with van der Waals surface area (Å²) in [4.78, 5) is 12.4. The van der Waals surface area contributed by atoms with E-state index in [2.05, 4.69) is 20.2 Å². The van der Waals surface area contributed by atoms with Crippen LogP contribution in [0.5, 0.6) is 17.2 Å². The molecular formula is C22H16Cl2N4O5S2. The van der Waals surface area contributed by atoms with Gasteiger partial charge < -0.3 is 9.47 Å². The van der Waals surface area contributed by atoms with Crippen LogP contribution in [-0.4, -0.2) is 31.6 Å². The third-order valence-corrected chi connectivity index (χ3v) is 7.48. The number of halogens is 2. The van der Waals surface area contributed by atoms with Gasteiger partial charge in [0.25, 0.3) is 20.3 Å². The monoisotopic (exact) mass is 550 g/mol. The number of hydrogen-bond donors (Lipinski definition) is 2. The van der Waals surface area contributed by atoms with Crippen LogP contribution in [0.2, 0.25) is 10.0 Å². The van der Waals surface area contributed by atoms with Crippen molar-refractivity contribution in [1.82, 2.24) is 10.2 Å². The van der Waals surface area contributed by atoms with Crippen LogP contribution in [-0.2, 0) is 10.0 Å². The minimum atomic E-state index is -4.18. The van der Waals surface area contributed by atoms with Crippen LogP contribution >= 0.6 is 34.5 Å². The van der Waals surface area contributed by atoms with Crippen LogP contribution in [0.1, 0.15) is 10.4 Å². The van der Waals surface area contributed by atoms with E-state index >= 15 is 0 Å². The number of amides is 1. The standard InChI is InChI=1S/C22H16Cl2N4O5S2/c1-32-16-3-2-4-17(12-16)33-19-10-9-15(24)11-18(19)28-35(30,31)22-27-26-21(34-22)25-20(29)13-5-7-14(23)8-6-13/h2-12,28H,1H3,(H,25,26,29). The number of nitrogens with zero attached hydrogens (tertiary/aromatic N) is 2. The number of carbonyl (C=O) groups is 1. The van der Waals surface area contributed by atoms with Crippen molar-refractivity contribution in [1.29, 1.82) is 0 Å². The molecule has 0 aliphatic rings. The molecule has 4 rings (SSSR count). The second-order valence-electron chi connectivity index (χ2n) is 6.86. The highest BCUT2D eigenvalue weighted by atomic mass is 35.5. The third kappa shape index (κ3) is 6.20. The number of anilines is 2. The van der Waals surface area contributed by atoms with Gasteiger partial charge in [0, 0.05) is 21.7 Å². The molecular weight excluding hydrogens is 535 g/mol. The summed E-state index contributed by atoms with van der Waals surface area (Å²) in [5.41, 5.74) is 0.410. The zero-order chi connectivity index (χ0) is 25.0. The summed E-state index contributed by atoms with van der Waals surface area (Å²) < 4.78 is 39.0. The maximum atomic E-state index is 13.0. The van der Waals surface area contributed by atoms with Crippen molar-refractivity contribution >= 4 is 61.3 Å². The van der Waals surface area contributed by atoms with Gasteiger partial charge in [-0.1, -0.05) is 40.6 Å². The predicted molar refractivity (Wildman–Crippen MR) is 135 cm³/mol. The van der Waals surface area contributed by atoms with Gasteiger partial charge in [-0.05, 0) is 54.6 Å². The number of ether oxygens (including phenoxy) is 2. The minimum Gasteiger partial charge on any atom is -0.497 e. The maximum Gasteiger partial charge on any atom is 0.291 e. The number of benzene rings is 3. The van der Waals surface area contributed by atoms with Gasteiger partial charge in [0.05, 0.1) is 12.8 Å². The van der Waals surface area contributed by atoms with E-state index in [9.17, 15) is 13.2 Å². The van der Waals surface area contributed by atoms with Crippen LogP contribution in [0, 0.1) is 0 Å². The summed E-state index contributed by atoms with van der Waals surface area (Å²) in [6, 6.07) is 17.5. The molecule has 2 N–H and O–H groups in total. The normalized spacial score (nSPS) is 11.1. The molecule has 180 valence electrons. The van der Waals surface area contributed by atoms with E-state index in [1.807, 2.05) is 0 Å². The fourth-order valence-electron chi connectivity index (χ4n) is 2.79. The molecule has 0 radical (unpaired) electrons. The summed E-state index contributed by atoms with van der Waals surface area (Å²) in [5.74, 6) is 0.710. The fraction of sp³-hybridized carbons (Fsp3) is 0.0455. The van der Waals surface area contributed by atoms with Crippen LogP contribution in [0.25, 0.3) is 0 Å². The second kappa shape index (κ2) is 10.5. The first-order chi connectivity index (χ1) is 16.7. The zero-order valence-electron chi connectivity index (χ0n) is 17.9. The molecule has 1 aromatic heterocycles. The smallest absolute Gasteiger partial charge is 0.291 e. The molecule has 0 saturated carbocycles. The quantitative estimate of drug-likeness (QED) is 0.270. The third-order valence-electron chi connectivity index (χ3n) is 4.42. The average Bonchev–Trinajstić information content (AvgIpc) is 3.31. The van der Waals surface area contributed by atoms with Crippen molar-refractivity contribution in [2.24, 2.45) is 0 Å². The van der Waals surface area contributed by atoms with Crippen molar-refractivity contribution < 1.29 is 22.7 Å². The molecule has 0 aliphatic heterocycles. The Balaban J connectivity index is 1.53. The van der Waals surface area contributed by atoms with Gasteiger partial charge in [0.15, 0.2) is 5.75 Å². The number of aromatic nitrogens is 2. The molecule has 35 heavy (non-hydrogen) atoms. The van der Waals surface area contributed by atoms with E-state index in [1.54, 1.807) is 42.5 Å². The highest BCUT2D eigenvalue weighted by molar-refractivity contribution is 7.94. The van der Waals surface area contributed by atoms with Gasteiger partial charge in [-0.15, -0.1) is 10.2 Å². The van der Waals surface area contributed by atoms with Gasteiger partial charge >= 0.3 is 0 Å². The molecule has 0 aliphatic carbocycles. The Morgan fingerprint density at radius 1 is 0.943 bits per heavy atom. The summed E-state index contributed by atoms with van der Waals surface area (Å²) in [6.07, 6.45) is 0. The van der Waals surface area contributed by atoms with Crippen LogP contribution in [0.4, 0.5) is 10.8 Å². The molecule has 1 amide bonds.